The Bertz CT molecular complexity index is 797. The molecule has 0 aromatic carbocycles. The minimum absolute atomic E-state index is 0.178. The second-order valence-corrected chi connectivity index (χ2v) is 9.02. The zero-order valence-corrected chi connectivity index (χ0v) is 17.3. The van der Waals surface area contributed by atoms with E-state index in [1.807, 2.05) is 17.5 Å². The monoisotopic (exact) mass is 386 g/mol. The van der Waals surface area contributed by atoms with Gasteiger partial charge in [-0.2, -0.15) is 0 Å². The van der Waals surface area contributed by atoms with Crippen molar-refractivity contribution in [1.29, 1.82) is 0 Å². The maximum atomic E-state index is 13.0. The fourth-order valence-electron chi connectivity index (χ4n) is 4.29. The van der Waals surface area contributed by atoms with Gasteiger partial charge in [0.15, 0.2) is 0 Å². The Morgan fingerprint density at radius 1 is 1.19 bits per heavy atom. The van der Waals surface area contributed by atoms with Crippen LogP contribution in [-0.4, -0.2) is 67.0 Å². The van der Waals surface area contributed by atoms with Crippen molar-refractivity contribution in [1.82, 2.24) is 14.8 Å². The van der Waals surface area contributed by atoms with Crippen LogP contribution in [0.3, 0.4) is 0 Å². The van der Waals surface area contributed by atoms with Gasteiger partial charge >= 0.3 is 0 Å². The van der Waals surface area contributed by atoms with Crippen LogP contribution >= 0.6 is 11.3 Å². The zero-order chi connectivity index (χ0) is 18.8. The summed E-state index contributed by atoms with van der Waals surface area (Å²) < 4.78 is 1.32. The number of hydrogen-bond donors (Lipinski definition) is 0. The van der Waals surface area contributed by atoms with E-state index in [0.29, 0.717) is 5.91 Å². The van der Waals surface area contributed by atoms with E-state index in [9.17, 15) is 4.79 Å². The van der Waals surface area contributed by atoms with Gasteiger partial charge in [-0.05, 0) is 51.4 Å². The molecule has 0 N–H and O–H groups in total. The van der Waals surface area contributed by atoms with E-state index < -0.39 is 0 Å². The number of aromatic nitrogens is 1. The summed E-state index contributed by atoms with van der Waals surface area (Å²) in [6, 6.07) is 4.42. The number of thiophene rings is 1. The lowest BCUT2D eigenvalue weighted by atomic mass is 9.95. The van der Waals surface area contributed by atoms with Crippen LogP contribution < -0.4 is 4.90 Å². The molecule has 1 amide bonds. The number of aryl methyl sites for hydroxylation is 1. The van der Waals surface area contributed by atoms with Crippen LogP contribution in [0.1, 0.15) is 31.1 Å². The van der Waals surface area contributed by atoms with Crippen LogP contribution in [0, 0.1) is 5.92 Å². The van der Waals surface area contributed by atoms with Crippen molar-refractivity contribution < 1.29 is 4.79 Å². The second-order valence-electron chi connectivity index (χ2n) is 7.86. The standard InChI is InChI=1S/C21H30N4OS/c1-3-17-15-18-19(27-17)5-8-22-20(18)24-11-6-16(7-12-24)21(26)25-10-4-9-23(2)13-14-25/h5,8,15-16H,3-4,6-7,9-14H2,1-2H3. The molecule has 6 heteroatoms. The highest BCUT2D eigenvalue weighted by molar-refractivity contribution is 7.19. The van der Waals surface area contributed by atoms with E-state index in [1.54, 1.807) is 0 Å². The third kappa shape index (κ3) is 3.97. The number of rotatable bonds is 3. The number of carbonyl (C=O) groups excluding carboxylic acids is 1. The molecule has 2 aliphatic rings. The van der Waals surface area contributed by atoms with Crippen LogP contribution in [0.5, 0.6) is 0 Å². The summed E-state index contributed by atoms with van der Waals surface area (Å²) in [7, 11) is 2.15. The van der Waals surface area contributed by atoms with Crippen LogP contribution in [-0.2, 0) is 11.2 Å². The van der Waals surface area contributed by atoms with Crippen molar-refractivity contribution in [3.63, 3.8) is 0 Å². The molecule has 2 fully saturated rings. The summed E-state index contributed by atoms with van der Waals surface area (Å²) in [5, 5.41) is 1.28. The number of anilines is 1. The highest BCUT2D eigenvalue weighted by atomic mass is 32.1. The van der Waals surface area contributed by atoms with Gasteiger partial charge in [-0.15, -0.1) is 11.3 Å². The summed E-state index contributed by atoms with van der Waals surface area (Å²) in [4.78, 5) is 25.9. The molecule has 0 aliphatic carbocycles. The molecule has 2 saturated heterocycles. The van der Waals surface area contributed by atoms with Gasteiger partial charge in [0.2, 0.25) is 5.91 Å². The summed E-state index contributed by atoms with van der Waals surface area (Å²) in [5.74, 6) is 1.66. The summed E-state index contributed by atoms with van der Waals surface area (Å²) in [5.41, 5.74) is 0. The summed E-state index contributed by atoms with van der Waals surface area (Å²) >= 11 is 1.87. The highest BCUT2D eigenvalue weighted by Gasteiger charge is 2.30. The first-order valence-corrected chi connectivity index (χ1v) is 11.1. The van der Waals surface area contributed by atoms with Crippen molar-refractivity contribution in [3.05, 3.63) is 23.2 Å². The molecule has 27 heavy (non-hydrogen) atoms. The molecule has 4 heterocycles. The maximum absolute atomic E-state index is 13.0. The number of carbonyl (C=O) groups is 1. The van der Waals surface area contributed by atoms with Crippen molar-refractivity contribution in [2.24, 2.45) is 5.92 Å². The molecule has 5 nitrogen and oxygen atoms in total. The van der Waals surface area contributed by atoms with Gasteiger partial charge in [0, 0.05) is 59.8 Å². The molecule has 0 atom stereocenters. The average molecular weight is 387 g/mol. The van der Waals surface area contributed by atoms with Gasteiger partial charge in [0.25, 0.3) is 0 Å². The van der Waals surface area contributed by atoms with E-state index in [1.165, 1.54) is 15.0 Å². The third-order valence-electron chi connectivity index (χ3n) is 6.00. The SMILES string of the molecule is CCc1cc2c(N3CCC(C(=O)N4CCCN(C)CC4)CC3)nccc2s1. The van der Waals surface area contributed by atoms with E-state index in [4.69, 9.17) is 4.98 Å². The normalized spacial score (nSPS) is 20.2. The summed E-state index contributed by atoms with van der Waals surface area (Å²) in [6.07, 6.45) is 5.96. The van der Waals surface area contributed by atoms with Crippen molar-refractivity contribution in [3.8, 4) is 0 Å². The lowest BCUT2D eigenvalue weighted by molar-refractivity contribution is -0.136. The van der Waals surface area contributed by atoms with Crippen molar-refractivity contribution in [2.45, 2.75) is 32.6 Å². The van der Waals surface area contributed by atoms with Gasteiger partial charge in [-0.25, -0.2) is 4.98 Å². The first-order valence-electron chi connectivity index (χ1n) is 10.3. The Morgan fingerprint density at radius 2 is 2.00 bits per heavy atom. The Hall–Kier alpha value is -1.66. The molecular weight excluding hydrogens is 356 g/mol. The van der Waals surface area contributed by atoms with E-state index in [2.05, 4.69) is 40.8 Å². The third-order valence-corrected chi connectivity index (χ3v) is 7.24. The minimum atomic E-state index is 0.178. The minimum Gasteiger partial charge on any atom is -0.356 e. The van der Waals surface area contributed by atoms with Gasteiger partial charge in [0.1, 0.15) is 5.82 Å². The number of fused-ring (bicyclic) bond motifs is 1. The number of amides is 1. The summed E-state index contributed by atoms with van der Waals surface area (Å²) in [6.45, 7) is 7.94. The zero-order valence-electron chi connectivity index (χ0n) is 16.5. The average Bonchev–Trinajstić information content (AvgIpc) is 3.01. The van der Waals surface area contributed by atoms with Gasteiger partial charge in [0.05, 0.1) is 0 Å². The Balaban J connectivity index is 1.42. The van der Waals surface area contributed by atoms with Crippen LogP contribution in [0.25, 0.3) is 10.1 Å². The molecule has 0 radical (unpaired) electrons. The fraction of sp³-hybridized carbons (Fsp3) is 0.619. The fourth-order valence-corrected chi connectivity index (χ4v) is 5.28. The van der Waals surface area contributed by atoms with E-state index in [0.717, 1.165) is 70.8 Å². The maximum Gasteiger partial charge on any atom is 0.225 e. The lowest BCUT2D eigenvalue weighted by Crippen LogP contribution is -2.44. The van der Waals surface area contributed by atoms with Crippen LogP contribution in [0.4, 0.5) is 5.82 Å². The smallest absolute Gasteiger partial charge is 0.225 e. The first-order chi connectivity index (χ1) is 13.2. The predicted molar refractivity (Wildman–Crippen MR) is 113 cm³/mol. The Morgan fingerprint density at radius 3 is 2.78 bits per heavy atom. The molecular formula is C21H30N4OS. The quantitative estimate of drug-likeness (QED) is 0.812. The molecule has 2 aromatic heterocycles. The largest absolute Gasteiger partial charge is 0.356 e. The topological polar surface area (TPSA) is 39.7 Å². The highest BCUT2D eigenvalue weighted by Crippen LogP contribution is 2.34. The second kappa shape index (κ2) is 8.15. The molecule has 2 aromatic rings. The van der Waals surface area contributed by atoms with Crippen molar-refractivity contribution in [2.75, 3.05) is 51.2 Å². The number of piperidine rings is 1. The predicted octanol–water partition coefficient (Wildman–Crippen LogP) is 3.24. The van der Waals surface area contributed by atoms with Gasteiger partial charge in [-0.3, -0.25) is 4.79 Å². The van der Waals surface area contributed by atoms with E-state index >= 15 is 0 Å². The lowest BCUT2D eigenvalue weighted by Gasteiger charge is -2.34. The first kappa shape index (κ1) is 18.7. The molecule has 0 bridgehead atoms. The number of likely N-dealkylation sites (N-methyl/N-ethyl adjacent to an activating group) is 1. The van der Waals surface area contributed by atoms with Gasteiger partial charge in [-0.1, -0.05) is 6.92 Å². The molecule has 146 valence electrons. The molecule has 0 spiro atoms. The molecule has 0 saturated carbocycles. The number of hydrogen-bond acceptors (Lipinski definition) is 5. The number of nitrogens with zero attached hydrogens (tertiary/aromatic N) is 4. The Kier molecular flexibility index (Phi) is 5.64. The van der Waals surface area contributed by atoms with Crippen LogP contribution in [0.2, 0.25) is 0 Å². The van der Waals surface area contributed by atoms with Gasteiger partial charge < -0.3 is 14.7 Å². The molecule has 0 unspecified atom stereocenters. The van der Waals surface area contributed by atoms with Crippen LogP contribution in [0.15, 0.2) is 18.3 Å². The molecule has 2 aliphatic heterocycles. The van der Waals surface area contributed by atoms with E-state index in [-0.39, 0.29) is 5.92 Å². The van der Waals surface area contributed by atoms with Crippen molar-refractivity contribution >= 4 is 33.1 Å². The number of pyridine rings is 1. The molecule has 4 rings (SSSR count). The Labute approximate surface area is 166 Å².